The Labute approximate surface area is 164 Å². The molecule has 0 saturated carbocycles. The Morgan fingerprint density at radius 2 is 2.04 bits per heavy atom. The van der Waals surface area contributed by atoms with Crippen LogP contribution in [-0.2, 0) is 11.2 Å². The highest BCUT2D eigenvalue weighted by Crippen LogP contribution is 2.35. The molecule has 4 nitrogen and oxygen atoms in total. The summed E-state index contributed by atoms with van der Waals surface area (Å²) in [5.41, 5.74) is 3.54. The molecule has 0 N–H and O–H groups in total. The van der Waals surface area contributed by atoms with Crippen molar-refractivity contribution < 1.29 is 9.13 Å². The fourth-order valence-corrected chi connectivity index (χ4v) is 3.83. The number of fused-ring (bicyclic) bond motifs is 1. The molecule has 2 heterocycles. The highest BCUT2D eigenvalue weighted by atomic mass is 35.5. The van der Waals surface area contributed by atoms with Gasteiger partial charge in [-0.05, 0) is 43.5 Å². The van der Waals surface area contributed by atoms with Crippen molar-refractivity contribution in [3.8, 4) is 11.1 Å². The molecular weight excluding hydrogens is 365 g/mol. The Hall–Kier alpha value is -1.98. The molecule has 0 spiro atoms. The van der Waals surface area contributed by atoms with Crippen LogP contribution in [0.5, 0.6) is 0 Å². The molecule has 2 aromatic heterocycles. The summed E-state index contributed by atoms with van der Waals surface area (Å²) in [6.07, 6.45) is 4.37. The summed E-state index contributed by atoms with van der Waals surface area (Å²) in [5.74, 6) is 0.692. The molecule has 1 atom stereocenters. The second-order valence-electron chi connectivity index (χ2n) is 6.71. The zero-order chi connectivity index (χ0) is 19.6. The van der Waals surface area contributed by atoms with Gasteiger partial charge >= 0.3 is 0 Å². The van der Waals surface area contributed by atoms with Crippen molar-refractivity contribution in [2.24, 2.45) is 0 Å². The van der Waals surface area contributed by atoms with Crippen molar-refractivity contribution in [1.82, 2.24) is 14.5 Å². The lowest BCUT2D eigenvalue weighted by molar-refractivity contribution is 0.177. The predicted octanol–water partition coefficient (Wildman–Crippen LogP) is 5.75. The summed E-state index contributed by atoms with van der Waals surface area (Å²) in [4.78, 5) is 9.46. The van der Waals surface area contributed by atoms with Crippen LogP contribution in [-0.4, -0.2) is 28.3 Å². The minimum absolute atomic E-state index is 0.248. The highest BCUT2D eigenvalue weighted by Gasteiger charge is 2.21. The minimum atomic E-state index is -0.277. The van der Waals surface area contributed by atoms with Crippen molar-refractivity contribution in [2.45, 2.75) is 46.1 Å². The van der Waals surface area contributed by atoms with Gasteiger partial charge in [0.1, 0.15) is 17.2 Å². The summed E-state index contributed by atoms with van der Waals surface area (Å²) in [6.45, 7) is 6.62. The zero-order valence-corrected chi connectivity index (χ0v) is 17.0. The Morgan fingerprint density at radius 1 is 1.26 bits per heavy atom. The number of hydrogen-bond donors (Lipinski definition) is 0. The van der Waals surface area contributed by atoms with E-state index in [2.05, 4.69) is 23.4 Å². The van der Waals surface area contributed by atoms with Gasteiger partial charge in [0.25, 0.3) is 0 Å². The van der Waals surface area contributed by atoms with Crippen LogP contribution in [0.25, 0.3) is 22.3 Å². The van der Waals surface area contributed by atoms with E-state index < -0.39 is 0 Å². The molecule has 3 rings (SSSR count). The molecular formula is C21H25ClFN3O. The van der Waals surface area contributed by atoms with Crippen LogP contribution in [0.3, 0.4) is 0 Å². The average molecular weight is 390 g/mol. The fourth-order valence-electron chi connectivity index (χ4n) is 3.51. The van der Waals surface area contributed by atoms with E-state index in [1.807, 2.05) is 6.07 Å². The number of hydrogen-bond acceptors (Lipinski definition) is 3. The van der Waals surface area contributed by atoms with E-state index in [1.165, 1.54) is 6.07 Å². The number of methoxy groups -OCH3 is 1. The van der Waals surface area contributed by atoms with Gasteiger partial charge in [-0.2, -0.15) is 0 Å². The molecule has 144 valence electrons. The zero-order valence-electron chi connectivity index (χ0n) is 16.2. The number of aromatic nitrogens is 3. The van der Waals surface area contributed by atoms with Gasteiger partial charge in [0.05, 0.1) is 0 Å². The van der Waals surface area contributed by atoms with E-state index in [1.54, 1.807) is 26.3 Å². The molecule has 0 aliphatic heterocycles. The van der Waals surface area contributed by atoms with E-state index >= 15 is 0 Å². The summed E-state index contributed by atoms with van der Waals surface area (Å²) < 4.78 is 21.7. The largest absolute Gasteiger partial charge is 0.385 e. The van der Waals surface area contributed by atoms with Gasteiger partial charge in [-0.25, -0.2) is 14.4 Å². The van der Waals surface area contributed by atoms with Crippen molar-refractivity contribution in [2.75, 3.05) is 13.7 Å². The smallest absolute Gasteiger partial charge is 0.160 e. The van der Waals surface area contributed by atoms with Crippen LogP contribution >= 0.6 is 11.6 Å². The number of pyridine rings is 1. The maximum atomic E-state index is 14.2. The normalized spacial score (nSPS) is 12.7. The second kappa shape index (κ2) is 8.36. The van der Waals surface area contributed by atoms with Crippen LogP contribution in [0.2, 0.25) is 5.02 Å². The molecule has 0 amide bonds. The maximum Gasteiger partial charge on any atom is 0.160 e. The van der Waals surface area contributed by atoms with Crippen molar-refractivity contribution in [3.63, 3.8) is 0 Å². The van der Waals surface area contributed by atoms with Crippen molar-refractivity contribution in [1.29, 1.82) is 0 Å². The molecule has 27 heavy (non-hydrogen) atoms. The number of imidazole rings is 1. The van der Waals surface area contributed by atoms with E-state index in [0.717, 1.165) is 41.8 Å². The molecule has 0 saturated heterocycles. The van der Waals surface area contributed by atoms with Gasteiger partial charge in [0, 0.05) is 48.5 Å². The van der Waals surface area contributed by atoms with Crippen LogP contribution in [0.4, 0.5) is 4.39 Å². The lowest BCUT2D eigenvalue weighted by Gasteiger charge is -2.19. The summed E-state index contributed by atoms with van der Waals surface area (Å²) in [7, 11) is 1.71. The first-order chi connectivity index (χ1) is 13.0. The quantitative estimate of drug-likeness (QED) is 0.516. The lowest BCUT2D eigenvalue weighted by atomic mass is 10.0. The first-order valence-electron chi connectivity index (χ1n) is 9.32. The van der Waals surface area contributed by atoms with Crippen molar-refractivity contribution >= 4 is 22.8 Å². The molecule has 0 fully saturated rings. The van der Waals surface area contributed by atoms with E-state index in [0.29, 0.717) is 22.8 Å². The standard InChI is InChI=1S/C21H25ClFN3O/c1-5-14(8-10-27-4)26-19(6-2)25-20-15(7-9-24-21(20)26)16-12-18(23)13(3)11-17(16)22/h7,9,11-12,14H,5-6,8,10H2,1-4H3. The fraction of sp³-hybridized carbons (Fsp3) is 0.429. The monoisotopic (exact) mass is 389 g/mol. The molecule has 0 aliphatic rings. The third-order valence-corrected chi connectivity index (χ3v) is 5.31. The SMILES string of the molecule is CCc1nc2c(-c3cc(F)c(C)cc3Cl)ccnc2n1C(CC)CCOC. The van der Waals surface area contributed by atoms with Gasteiger partial charge in [-0.3, -0.25) is 0 Å². The molecule has 0 bridgehead atoms. The topological polar surface area (TPSA) is 39.9 Å². The predicted molar refractivity (Wildman–Crippen MR) is 108 cm³/mol. The molecule has 0 aliphatic carbocycles. The van der Waals surface area contributed by atoms with E-state index in [-0.39, 0.29) is 11.9 Å². The first kappa shape index (κ1) is 19.8. The number of rotatable bonds is 7. The number of nitrogens with zero attached hydrogens (tertiary/aromatic N) is 3. The van der Waals surface area contributed by atoms with Gasteiger partial charge in [0.2, 0.25) is 0 Å². The highest BCUT2D eigenvalue weighted by molar-refractivity contribution is 6.33. The number of benzene rings is 1. The van der Waals surface area contributed by atoms with Gasteiger partial charge in [0.15, 0.2) is 5.65 Å². The number of halogens is 2. The Kier molecular flexibility index (Phi) is 6.12. The first-order valence-corrected chi connectivity index (χ1v) is 9.70. The lowest BCUT2D eigenvalue weighted by Crippen LogP contribution is -2.14. The summed E-state index contributed by atoms with van der Waals surface area (Å²) in [5, 5.41) is 0.514. The molecule has 0 radical (unpaired) electrons. The number of aryl methyl sites for hydroxylation is 2. The summed E-state index contributed by atoms with van der Waals surface area (Å²) >= 11 is 6.44. The van der Waals surface area contributed by atoms with Crippen LogP contribution < -0.4 is 0 Å². The second-order valence-corrected chi connectivity index (χ2v) is 7.11. The third-order valence-electron chi connectivity index (χ3n) is 5.00. The van der Waals surface area contributed by atoms with Gasteiger partial charge < -0.3 is 9.30 Å². The Bertz CT molecular complexity index is 954. The molecule has 1 unspecified atom stereocenters. The molecule has 6 heteroatoms. The molecule has 1 aromatic carbocycles. The van der Waals surface area contributed by atoms with E-state index in [9.17, 15) is 4.39 Å². The molecule has 3 aromatic rings. The average Bonchev–Trinajstić information content (AvgIpc) is 3.04. The van der Waals surface area contributed by atoms with Gasteiger partial charge in [-0.1, -0.05) is 25.4 Å². The Morgan fingerprint density at radius 3 is 2.70 bits per heavy atom. The van der Waals surface area contributed by atoms with Crippen LogP contribution in [0, 0.1) is 12.7 Å². The number of ether oxygens (including phenoxy) is 1. The minimum Gasteiger partial charge on any atom is -0.385 e. The maximum absolute atomic E-state index is 14.2. The van der Waals surface area contributed by atoms with Gasteiger partial charge in [-0.15, -0.1) is 0 Å². The summed E-state index contributed by atoms with van der Waals surface area (Å²) in [6, 6.07) is 5.24. The van der Waals surface area contributed by atoms with Crippen LogP contribution in [0.1, 0.15) is 44.1 Å². The third kappa shape index (κ3) is 3.71. The Balaban J connectivity index is 2.22. The van der Waals surface area contributed by atoms with Crippen LogP contribution in [0.15, 0.2) is 24.4 Å². The van der Waals surface area contributed by atoms with E-state index in [4.69, 9.17) is 21.3 Å². The van der Waals surface area contributed by atoms with Crippen molar-refractivity contribution in [3.05, 3.63) is 46.6 Å².